The molecule has 3 rings (SSSR count). The molecule has 1 N–H and O–H groups in total. The number of thioether (sulfide) groups is 1. The molecule has 140 valence electrons. The van der Waals surface area contributed by atoms with Crippen molar-refractivity contribution in [2.24, 2.45) is 5.41 Å². The lowest BCUT2D eigenvalue weighted by Gasteiger charge is -2.39. The van der Waals surface area contributed by atoms with Gasteiger partial charge in [0, 0.05) is 22.0 Å². The summed E-state index contributed by atoms with van der Waals surface area (Å²) in [6.07, 6.45) is 4.00. The Labute approximate surface area is 162 Å². The Bertz CT molecular complexity index is 715. The first kappa shape index (κ1) is 19.3. The quantitative estimate of drug-likeness (QED) is 0.688. The monoisotopic (exact) mass is 370 g/mol. The molecule has 0 bridgehead atoms. The summed E-state index contributed by atoms with van der Waals surface area (Å²) in [6, 6.07) is 16.8. The first-order chi connectivity index (χ1) is 12.6. The minimum atomic E-state index is -0.386. The van der Waals surface area contributed by atoms with Crippen LogP contribution in [0.4, 0.5) is 0 Å². The van der Waals surface area contributed by atoms with Crippen LogP contribution < -0.4 is 4.74 Å². The van der Waals surface area contributed by atoms with Gasteiger partial charge >= 0.3 is 0 Å². The van der Waals surface area contributed by atoms with Gasteiger partial charge in [-0.05, 0) is 36.1 Å². The summed E-state index contributed by atoms with van der Waals surface area (Å²) < 4.78 is 5.46. The van der Waals surface area contributed by atoms with Crippen molar-refractivity contribution >= 4 is 11.8 Å². The lowest BCUT2D eigenvalue weighted by molar-refractivity contribution is 0.0182. The normalized spacial score (nSPS) is 25.4. The van der Waals surface area contributed by atoms with E-state index in [0.29, 0.717) is 0 Å². The fraction of sp³-hybridized carbons (Fsp3) is 0.478. The van der Waals surface area contributed by atoms with Crippen molar-refractivity contribution in [1.29, 1.82) is 0 Å². The van der Waals surface area contributed by atoms with Crippen LogP contribution in [0.2, 0.25) is 0 Å². The fourth-order valence-electron chi connectivity index (χ4n) is 4.11. The number of fused-ring (bicyclic) bond motifs is 1. The molecule has 0 fully saturated rings. The number of aliphatic hydroxyl groups excluding tert-OH is 1. The molecule has 0 spiro atoms. The molecule has 2 aromatic carbocycles. The molecule has 0 radical (unpaired) electrons. The Morgan fingerprint density at radius 3 is 2.58 bits per heavy atom. The Hall–Kier alpha value is -1.45. The van der Waals surface area contributed by atoms with E-state index < -0.39 is 0 Å². The van der Waals surface area contributed by atoms with E-state index in [1.807, 2.05) is 23.9 Å². The first-order valence-electron chi connectivity index (χ1n) is 9.69. The maximum absolute atomic E-state index is 11.7. The standard InChI is InChI=1S/C23H30O2S/c1-4-6-14-23(5-2)16-26-20-15-18(25-3)12-13-19(20)21(22(23)24)17-10-8-7-9-11-17/h7-13,15,21-22,24H,4-6,14,16H2,1-3H3. The van der Waals surface area contributed by atoms with Gasteiger partial charge in [-0.2, -0.15) is 0 Å². The molecule has 0 aromatic heterocycles. The number of rotatable bonds is 6. The molecule has 1 aliphatic heterocycles. The van der Waals surface area contributed by atoms with Gasteiger partial charge in [0.2, 0.25) is 0 Å². The van der Waals surface area contributed by atoms with Gasteiger partial charge in [-0.15, -0.1) is 11.8 Å². The summed E-state index contributed by atoms with van der Waals surface area (Å²) in [5.41, 5.74) is 2.36. The van der Waals surface area contributed by atoms with E-state index >= 15 is 0 Å². The van der Waals surface area contributed by atoms with Gasteiger partial charge in [0.25, 0.3) is 0 Å². The van der Waals surface area contributed by atoms with Gasteiger partial charge in [-0.3, -0.25) is 0 Å². The highest BCUT2D eigenvalue weighted by molar-refractivity contribution is 7.99. The third-order valence-electron chi connectivity index (χ3n) is 5.91. The van der Waals surface area contributed by atoms with Gasteiger partial charge < -0.3 is 9.84 Å². The van der Waals surface area contributed by atoms with Crippen molar-refractivity contribution in [3.63, 3.8) is 0 Å². The van der Waals surface area contributed by atoms with E-state index in [-0.39, 0.29) is 17.4 Å². The van der Waals surface area contributed by atoms with Crippen molar-refractivity contribution in [2.75, 3.05) is 12.9 Å². The second-order valence-electron chi connectivity index (χ2n) is 7.35. The molecule has 26 heavy (non-hydrogen) atoms. The number of benzene rings is 2. The predicted molar refractivity (Wildman–Crippen MR) is 110 cm³/mol. The molecule has 3 atom stereocenters. The van der Waals surface area contributed by atoms with Crippen molar-refractivity contribution in [2.45, 2.75) is 56.4 Å². The molecule has 3 heteroatoms. The van der Waals surface area contributed by atoms with E-state index in [1.54, 1.807) is 7.11 Å². The van der Waals surface area contributed by atoms with Crippen molar-refractivity contribution in [3.8, 4) is 5.75 Å². The first-order valence-corrected chi connectivity index (χ1v) is 10.7. The summed E-state index contributed by atoms with van der Waals surface area (Å²) in [5, 5.41) is 11.7. The largest absolute Gasteiger partial charge is 0.497 e. The van der Waals surface area contributed by atoms with Gasteiger partial charge in [0.05, 0.1) is 13.2 Å². The van der Waals surface area contributed by atoms with Crippen LogP contribution in [-0.4, -0.2) is 24.1 Å². The van der Waals surface area contributed by atoms with Crippen molar-refractivity contribution < 1.29 is 9.84 Å². The minimum absolute atomic E-state index is 0.00362. The zero-order chi connectivity index (χ0) is 18.6. The van der Waals surface area contributed by atoms with Crippen LogP contribution in [-0.2, 0) is 0 Å². The summed E-state index contributed by atoms with van der Waals surface area (Å²) in [6.45, 7) is 4.46. The van der Waals surface area contributed by atoms with Crippen LogP contribution in [0.5, 0.6) is 5.75 Å². The zero-order valence-electron chi connectivity index (χ0n) is 16.1. The number of aliphatic hydroxyl groups is 1. The Kier molecular flexibility index (Phi) is 6.31. The second kappa shape index (κ2) is 8.49. The van der Waals surface area contributed by atoms with E-state index in [0.717, 1.165) is 37.2 Å². The minimum Gasteiger partial charge on any atom is -0.497 e. The zero-order valence-corrected chi connectivity index (χ0v) is 16.9. The van der Waals surface area contributed by atoms with Gasteiger partial charge in [-0.25, -0.2) is 0 Å². The molecular formula is C23H30O2S. The van der Waals surface area contributed by atoms with Gasteiger partial charge in [0.15, 0.2) is 0 Å². The summed E-state index contributed by atoms with van der Waals surface area (Å²) in [5.74, 6) is 1.84. The third kappa shape index (κ3) is 3.65. The third-order valence-corrected chi connectivity index (χ3v) is 7.29. The molecule has 0 amide bonds. The molecule has 1 heterocycles. The highest BCUT2D eigenvalue weighted by Gasteiger charge is 2.44. The highest BCUT2D eigenvalue weighted by Crippen LogP contribution is 2.51. The highest BCUT2D eigenvalue weighted by atomic mass is 32.2. The molecule has 3 unspecified atom stereocenters. The predicted octanol–water partition coefficient (Wildman–Crippen LogP) is 5.88. The summed E-state index contributed by atoms with van der Waals surface area (Å²) in [4.78, 5) is 1.24. The van der Waals surface area contributed by atoms with E-state index in [2.05, 4.69) is 50.2 Å². The molecule has 0 saturated heterocycles. The number of hydrogen-bond donors (Lipinski definition) is 1. The van der Waals surface area contributed by atoms with Crippen LogP contribution in [0.1, 0.15) is 56.6 Å². The average molecular weight is 371 g/mol. The molecular weight excluding hydrogens is 340 g/mol. The van der Waals surface area contributed by atoms with Crippen LogP contribution in [0.3, 0.4) is 0 Å². The van der Waals surface area contributed by atoms with Gasteiger partial charge in [0.1, 0.15) is 5.75 Å². The lowest BCUT2D eigenvalue weighted by Crippen LogP contribution is -2.40. The molecule has 2 nitrogen and oxygen atoms in total. The molecule has 2 aromatic rings. The van der Waals surface area contributed by atoms with Crippen LogP contribution in [0.25, 0.3) is 0 Å². The maximum atomic E-state index is 11.7. The van der Waals surface area contributed by atoms with Crippen LogP contribution in [0, 0.1) is 5.41 Å². The molecule has 1 aliphatic rings. The summed E-state index contributed by atoms with van der Waals surface area (Å²) in [7, 11) is 1.71. The Balaban J connectivity index is 2.12. The molecule has 0 aliphatic carbocycles. The van der Waals surface area contributed by atoms with Crippen molar-refractivity contribution in [3.05, 3.63) is 59.7 Å². The topological polar surface area (TPSA) is 29.5 Å². The second-order valence-corrected chi connectivity index (χ2v) is 8.36. The number of methoxy groups -OCH3 is 1. The van der Waals surface area contributed by atoms with E-state index in [1.165, 1.54) is 16.0 Å². The molecule has 0 saturated carbocycles. The lowest BCUT2D eigenvalue weighted by atomic mass is 9.69. The number of ether oxygens (including phenoxy) is 1. The Morgan fingerprint density at radius 1 is 1.15 bits per heavy atom. The maximum Gasteiger partial charge on any atom is 0.119 e. The average Bonchev–Trinajstić information content (AvgIpc) is 2.81. The Morgan fingerprint density at radius 2 is 1.92 bits per heavy atom. The van der Waals surface area contributed by atoms with Gasteiger partial charge in [-0.1, -0.05) is 63.1 Å². The van der Waals surface area contributed by atoms with Crippen LogP contribution in [0.15, 0.2) is 53.4 Å². The smallest absolute Gasteiger partial charge is 0.119 e. The summed E-state index contributed by atoms with van der Waals surface area (Å²) >= 11 is 1.88. The number of unbranched alkanes of at least 4 members (excludes halogenated alkanes) is 1. The number of hydrogen-bond acceptors (Lipinski definition) is 3. The SMILES string of the molecule is CCCCC1(CC)CSc2cc(OC)ccc2C(c2ccccc2)C1O. The van der Waals surface area contributed by atoms with Crippen molar-refractivity contribution in [1.82, 2.24) is 0 Å². The van der Waals surface area contributed by atoms with E-state index in [4.69, 9.17) is 4.74 Å². The van der Waals surface area contributed by atoms with E-state index in [9.17, 15) is 5.11 Å². The van der Waals surface area contributed by atoms with Crippen LogP contribution >= 0.6 is 11.8 Å². The fourth-order valence-corrected chi connectivity index (χ4v) is 5.64.